The summed E-state index contributed by atoms with van der Waals surface area (Å²) in [6.07, 6.45) is 0.429. The van der Waals surface area contributed by atoms with E-state index in [1.807, 2.05) is 30.3 Å². The maximum atomic E-state index is 11.6. The molecule has 114 valence electrons. The molecule has 1 rings (SSSR count). The summed E-state index contributed by atoms with van der Waals surface area (Å²) < 4.78 is 0. The molecule has 0 saturated carbocycles. The maximum absolute atomic E-state index is 11.6. The third kappa shape index (κ3) is 7.36. The molecule has 0 spiro atoms. The molecule has 1 aromatic carbocycles. The molecule has 7 heteroatoms. The van der Waals surface area contributed by atoms with Crippen molar-refractivity contribution in [3.8, 4) is 0 Å². The molecule has 0 heterocycles. The summed E-state index contributed by atoms with van der Waals surface area (Å²) in [6, 6.07) is 8.60. The molecule has 0 radical (unpaired) electrons. The number of aliphatic carboxylic acids is 1. The number of thioether (sulfide) groups is 1. The van der Waals surface area contributed by atoms with Crippen molar-refractivity contribution in [3.05, 3.63) is 35.9 Å². The number of amides is 2. The summed E-state index contributed by atoms with van der Waals surface area (Å²) in [5.41, 5.74) is 6.12. The second-order valence-electron chi connectivity index (χ2n) is 4.42. The molecular weight excluding hydrogens is 292 g/mol. The largest absolute Gasteiger partial charge is 0.480 e. The molecule has 4 N–H and O–H groups in total. The van der Waals surface area contributed by atoms with Gasteiger partial charge in [-0.05, 0) is 17.7 Å². The van der Waals surface area contributed by atoms with E-state index in [4.69, 9.17) is 10.8 Å². The zero-order chi connectivity index (χ0) is 15.7. The van der Waals surface area contributed by atoms with Gasteiger partial charge in [-0.2, -0.15) is 11.8 Å². The average molecular weight is 310 g/mol. The Morgan fingerprint density at radius 3 is 2.48 bits per heavy atom. The summed E-state index contributed by atoms with van der Waals surface area (Å²) in [7, 11) is 0. The van der Waals surface area contributed by atoms with Crippen molar-refractivity contribution in [2.75, 3.05) is 11.5 Å². The van der Waals surface area contributed by atoms with Gasteiger partial charge in [-0.25, -0.2) is 4.79 Å². The molecule has 0 fully saturated rings. The first-order chi connectivity index (χ1) is 9.99. The van der Waals surface area contributed by atoms with Crippen LogP contribution in [0.4, 0.5) is 0 Å². The van der Waals surface area contributed by atoms with E-state index in [0.29, 0.717) is 0 Å². The Balaban J connectivity index is 2.26. The first-order valence-corrected chi connectivity index (χ1v) is 7.56. The van der Waals surface area contributed by atoms with Crippen LogP contribution in [0.2, 0.25) is 0 Å². The number of carboxylic acid groups (broad SMARTS) is 1. The molecule has 0 aromatic heterocycles. The number of benzene rings is 1. The number of aryl methyl sites for hydroxylation is 1. The quantitative estimate of drug-likeness (QED) is 0.572. The summed E-state index contributed by atoms with van der Waals surface area (Å²) in [5, 5.41) is 11.1. The zero-order valence-electron chi connectivity index (χ0n) is 11.5. The number of nitrogens with two attached hydrogens (primary N) is 1. The Bertz CT molecular complexity index is 493. The molecule has 0 bridgehead atoms. The van der Waals surface area contributed by atoms with Crippen LogP contribution in [0.15, 0.2) is 30.3 Å². The van der Waals surface area contributed by atoms with E-state index in [1.54, 1.807) is 0 Å². The normalized spacial score (nSPS) is 11.6. The molecule has 0 aliphatic heterocycles. The molecule has 0 saturated heterocycles. The van der Waals surface area contributed by atoms with Gasteiger partial charge in [0.05, 0.1) is 12.2 Å². The highest BCUT2D eigenvalue weighted by Crippen LogP contribution is 2.07. The number of rotatable bonds is 9. The van der Waals surface area contributed by atoms with Gasteiger partial charge >= 0.3 is 5.97 Å². The SMILES string of the molecule is NC(=O)C[C@@H](NC(=O)CSCCc1ccccc1)C(=O)O. The number of hydrogen-bond acceptors (Lipinski definition) is 4. The Kier molecular flexibility index (Phi) is 7.31. The first kappa shape index (κ1) is 17.0. The number of carbonyl (C=O) groups is 3. The lowest BCUT2D eigenvalue weighted by molar-refractivity contribution is -0.143. The van der Waals surface area contributed by atoms with E-state index in [-0.39, 0.29) is 5.75 Å². The van der Waals surface area contributed by atoms with Crippen LogP contribution in [-0.4, -0.2) is 40.4 Å². The predicted octanol–water partition coefficient (Wildman–Crippen LogP) is 0.407. The number of primary amides is 1. The lowest BCUT2D eigenvalue weighted by atomic mass is 10.2. The third-order valence-corrected chi connectivity index (χ3v) is 3.61. The number of carboxylic acids is 1. The van der Waals surface area contributed by atoms with E-state index >= 15 is 0 Å². The predicted molar refractivity (Wildman–Crippen MR) is 80.8 cm³/mol. The van der Waals surface area contributed by atoms with E-state index in [1.165, 1.54) is 17.3 Å². The van der Waals surface area contributed by atoms with Gasteiger partial charge in [-0.1, -0.05) is 30.3 Å². The van der Waals surface area contributed by atoms with Gasteiger partial charge in [-0.15, -0.1) is 0 Å². The Morgan fingerprint density at radius 1 is 1.24 bits per heavy atom. The number of hydrogen-bond donors (Lipinski definition) is 3. The van der Waals surface area contributed by atoms with Crippen molar-refractivity contribution in [3.63, 3.8) is 0 Å². The van der Waals surface area contributed by atoms with Crippen molar-refractivity contribution >= 4 is 29.5 Å². The topological polar surface area (TPSA) is 109 Å². The fraction of sp³-hybridized carbons (Fsp3) is 0.357. The van der Waals surface area contributed by atoms with Crippen molar-refractivity contribution in [1.29, 1.82) is 0 Å². The summed E-state index contributed by atoms with van der Waals surface area (Å²) in [4.78, 5) is 33.2. The van der Waals surface area contributed by atoms with Crippen LogP contribution >= 0.6 is 11.8 Å². The smallest absolute Gasteiger partial charge is 0.326 e. The summed E-state index contributed by atoms with van der Waals surface area (Å²) in [5.74, 6) is -1.54. The molecule has 0 unspecified atom stereocenters. The summed E-state index contributed by atoms with van der Waals surface area (Å²) >= 11 is 1.41. The van der Waals surface area contributed by atoms with Crippen LogP contribution in [-0.2, 0) is 20.8 Å². The monoisotopic (exact) mass is 310 g/mol. The standard InChI is InChI=1S/C14H18N2O4S/c15-12(17)8-11(14(19)20)16-13(18)9-21-7-6-10-4-2-1-3-5-10/h1-5,11H,6-9H2,(H2,15,17)(H,16,18)(H,19,20)/t11-/m1/s1. The molecule has 1 atom stereocenters. The Labute approximate surface area is 127 Å². The minimum Gasteiger partial charge on any atom is -0.480 e. The number of carbonyl (C=O) groups excluding carboxylic acids is 2. The fourth-order valence-corrected chi connectivity index (χ4v) is 2.43. The maximum Gasteiger partial charge on any atom is 0.326 e. The fourth-order valence-electron chi connectivity index (χ4n) is 1.64. The Hall–Kier alpha value is -2.02. The van der Waals surface area contributed by atoms with Crippen LogP contribution < -0.4 is 11.1 Å². The highest BCUT2D eigenvalue weighted by atomic mass is 32.2. The number of nitrogens with one attached hydrogen (secondary N) is 1. The molecular formula is C14H18N2O4S. The van der Waals surface area contributed by atoms with Crippen molar-refractivity contribution in [2.24, 2.45) is 5.73 Å². The van der Waals surface area contributed by atoms with Crippen molar-refractivity contribution in [1.82, 2.24) is 5.32 Å². The van der Waals surface area contributed by atoms with Crippen molar-refractivity contribution in [2.45, 2.75) is 18.9 Å². The molecule has 2 amide bonds. The van der Waals surface area contributed by atoms with Crippen LogP contribution in [0.25, 0.3) is 0 Å². The molecule has 6 nitrogen and oxygen atoms in total. The van der Waals surface area contributed by atoms with Gasteiger partial charge in [0, 0.05) is 0 Å². The Morgan fingerprint density at radius 2 is 1.90 bits per heavy atom. The second kappa shape index (κ2) is 9.02. The van der Waals surface area contributed by atoms with Gasteiger partial charge < -0.3 is 16.2 Å². The van der Waals surface area contributed by atoms with Gasteiger partial charge in [0.25, 0.3) is 0 Å². The highest BCUT2D eigenvalue weighted by Gasteiger charge is 2.21. The van der Waals surface area contributed by atoms with Crippen LogP contribution in [0.5, 0.6) is 0 Å². The third-order valence-electron chi connectivity index (χ3n) is 2.65. The van der Waals surface area contributed by atoms with Gasteiger partial charge in [-0.3, -0.25) is 9.59 Å². The molecule has 1 aromatic rings. The van der Waals surface area contributed by atoms with E-state index in [0.717, 1.165) is 12.2 Å². The molecule has 0 aliphatic carbocycles. The van der Waals surface area contributed by atoms with E-state index in [9.17, 15) is 14.4 Å². The lowest BCUT2D eigenvalue weighted by Crippen LogP contribution is -2.44. The van der Waals surface area contributed by atoms with Crippen molar-refractivity contribution < 1.29 is 19.5 Å². The second-order valence-corrected chi connectivity index (χ2v) is 5.52. The lowest BCUT2D eigenvalue weighted by Gasteiger charge is -2.12. The molecule has 0 aliphatic rings. The highest BCUT2D eigenvalue weighted by molar-refractivity contribution is 7.99. The van der Waals surface area contributed by atoms with Gasteiger partial charge in [0.2, 0.25) is 11.8 Å². The minimum absolute atomic E-state index is 0.148. The van der Waals surface area contributed by atoms with Gasteiger partial charge in [0.15, 0.2) is 0 Å². The van der Waals surface area contributed by atoms with Crippen LogP contribution in [0, 0.1) is 0 Å². The van der Waals surface area contributed by atoms with E-state index < -0.39 is 30.2 Å². The minimum atomic E-state index is -1.27. The molecule has 21 heavy (non-hydrogen) atoms. The van der Waals surface area contributed by atoms with Crippen LogP contribution in [0.3, 0.4) is 0 Å². The van der Waals surface area contributed by atoms with Crippen LogP contribution in [0.1, 0.15) is 12.0 Å². The first-order valence-electron chi connectivity index (χ1n) is 6.41. The zero-order valence-corrected chi connectivity index (χ0v) is 12.3. The summed E-state index contributed by atoms with van der Waals surface area (Å²) in [6.45, 7) is 0. The van der Waals surface area contributed by atoms with E-state index in [2.05, 4.69) is 5.32 Å². The average Bonchev–Trinajstić information content (AvgIpc) is 2.43. The van der Waals surface area contributed by atoms with Gasteiger partial charge in [0.1, 0.15) is 6.04 Å².